The van der Waals surface area contributed by atoms with Gasteiger partial charge in [0.25, 0.3) is 0 Å². The van der Waals surface area contributed by atoms with Crippen LogP contribution in [0.15, 0.2) is 0 Å². The van der Waals surface area contributed by atoms with Crippen molar-refractivity contribution in [2.75, 3.05) is 18.8 Å². The van der Waals surface area contributed by atoms with E-state index in [0.717, 1.165) is 12.8 Å². The number of hydrogen-bond donors (Lipinski definition) is 1. The van der Waals surface area contributed by atoms with Gasteiger partial charge < -0.3 is 5.32 Å². The van der Waals surface area contributed by atoms with Gasteiger partial charge in [-0.25, -0.2) is 12.7 Å². The normalized spacial score (nSPS) is 25.5. The zero-order valence-electron chi connectivity index (χ0n) is 10.7. The van der Waals surface area contributed by atoms with Gasteiger partial charge in [0.2, 0.25) is 10.0 Å². The fourth-order valence-electron chi connectivity index (χ4n) is 2.91. The van der Waals surface area contributed by atoms with Crippen LogP contribution in [-0.2, 0) is 10.0 Å². The van der Waals surface area contributed by atoms with Gasteiger partial charge in [0, 0.05) is 25.2 Å². The van der Waals surface area contributed by atoms with E-state index in [-0.39, 0.29) is 5.75 Å². The van der Waals surface area contributed by atoms with Crippen LogP contribution in [-0.4, -0.2) is 43.6 Å². The van der Waals surface area contributed by atoms with Gasteiger partial charge in [0.1, 0.15) is 0 Å². The summed E-state index contributed by atoms with van der Waals surface area (Å²) in [4.78, 5) is 0. The number of hydrogen-bond acceptors (Lipinski definition) is 3. The molecule has 0 unspecified atom stereocenters. The van der Waals surface area contributed by atoms with Crippen LogP contribution in [0, 0.1) is 0 Å². The molecule has 1 saturated carbocycles. The summed E-state index contributed by atoms with van der Waals surface area (Å²) in [6, 6.07) is 1.22. The predicted molar refractivity (Wildman–Crippen MR) is 69.4 cm³/mol. The molecule has 0 spiro atoms. The van der Waals surface area contributed by atoms with E-state index in [4.69, 9.17) is 0 Å². The molecule has 2 rings (SSSR count). The molecule has 1 heterocycles. The summed E-state index contributed by atoms with van der Waals surface area (Å²) < 4.78 is 25.1. The summed E-state index contributed by atoms with van der Waals surface area (Å²) in [7, 11) is -2.97. The number of nitrogens with one attached hydrogen (secondary N) is 1. The lowest BCUT2D eigenvalue weighted by Crippen LogP contribution is -2.47. The van der Waals surface area contributed by atoms with Crippen molar-refractivity contribution < 1.29 is 8.42 Å². The van der Waals surface area contributed by atoms with Crippen LogP contribution < -0.4 is 5.32 Å². The molecule has 1 saturated heterocycles. The highest BCUT2D eigenvalue weighted by Gasteiger charge is 2.28. The molecule has 4 nitrogen and oxygen atoms in total. The van der Waals surface area contributed by atoms with E-state index >= 15 is 0 Å². The fraction of sp³-hybridized carbons (Fsp3) is 1.00. The molecule has 100 valence electrons. The van der Waals surface area contributed by atoms with Gasteiger partial charge in [0.15, 0.2) is 0 Å². The quantitative estimate of drug-likeness (QED) is 0.829. The summed E-state index contributed by atoms with van der Waals surface area (Å²) in [5.74, 6) is 0.230. The Morgan fingerprint density at radius 1 is 1.06 bits per heavy atom. The molecule has 0 amide bonds. The number of rotatable bonds is 4. The molecule has 1 N–H and O–H groups in total. The molecule has 0 aromatic carbocycles. The third kappa shape index (κ3) is 3.42. The van der Waals surface area contributed by atoms with Crippen molar-refractivity contribution in [3.05, 3.63) is 0 Å². The molecule has 2 fully saturated rings. The Hall–Kier alpha value is -0.130. The summed E-state index contributed by atoms with van der Waals surface area (Å²) in [6.45, 7) is 3.11. The molecule has 1 aliphatic heterocycles. The average Bonchev–Trinajstić information content (AvgIpc) is 2.83. The second kappa shape index (κ2) is 5.67. The number of nitrogens with zero attached hydrogens (tertiary/aromatic N) is 1. The standard InChI is InChI=1S/C12H24N2O2S/c1-2-17(15,16)14-9-7-12(8-10-14)13-11-5-3-4-6-11/h11-13H,2-10H2,1H3. The second-order valence-corrected chi connectivity index (χ2v) is 7.48. The Morgan fingerprint density at radius 2 is 1.59 bits per heavy atom. The van der Waals surface area contributed by atoms with Gasteiger partial charge in [-0.15, -0.1) is 0 Å². The molecule has 1 aliphatic carbocycles. The Kier molecular flexibility index (Phi) is 4.44. The molecule has 0 bridgehead atoms. The zero-order chi connectivity index (χ0) is 12.3. The van der Waals surface area contributed by atoms with Crippen molar-refractivity contribution in [3.8, 4) is 0 Å². The maximum atomic E-state index is 11.7. The van der Waals surface area contributed by atoms with Crippen LogP contribution >= 0.6 is 0 Å². The lowest BCUT2D eigenvalue weighted by Gasteiger charge is -2.33. The van der Waals surface area contributed by atoms with E-state index in [9.17, 15) is 8.42 Å². The predicted octanol–water partition coefficient (Wildman–Crippen LogP) is 1.33. The molecule has 5 heteroatoms. The first-order valence-electron chi connectivity index (χ1n) is 6.85. The minimum Gasteiger partial charge on any atom is -0.311 e. The molecule has 0 aromatic heterocycles. The van der Waals surface area contributed by atoms with E-state index in [1.165, 1.54) is 25.7 Å². The van der Waals surface area contributed by atoms with Gasteiger partial charge in [0.05, 0.1) is 5.75 Å². The average molecular weight is 260 g/mol. The Balaban J connectivity index is 1.77. The van der Waals surface area contributed by atoms with Crippen molar-refractivity contribution in [1.29, 1.82) is 0 Å². The minimum absolute atomic E-state index is 0.230. The third-order valence-electron chi connectivity index (χ3n) is 4.04. The van der Waals surface area contributed by atoms with Gasteiger partial charge in [-0.1, -0.05) is 12.8 Å². The maximum absolute atomic E-state index is 11.7. The monoisotopic (exact) mass is 260 g/mol. The van der Waals surface area contributed by atoms with Crippen LogP contribution in [0.2, 0.25) is 0 Å². The van der Waals surface area contributed by atoms with Crippen LogP contribution in [0.3, 0.4) is 0 Å². The first kappa shape index (κ1) is 13.3. The lowest BCUT2D eigenvalue weighted by atomic mass is 10.1. The molecule has 17 heavy (non-hydrogen) atoms. The van der Waals surface area contributed by atoms with Gasteiger partial charge >= 0.3 is 0 Å². The van der Waals surface area contributed by atoms with E-state index in [1.54, 1.807) is 11.2 Å². The van der Waals surface area contributed by atoms with Crippen LogP contribution in [0.25, 0.3) is 0 Å². The first-order chi connectivity index (χ1) is 8.12. The van der Waals surface area contributed by atoms with Crippen LogP contribution in [0.1, 0.15) is 45.4 Å². The van der Waals surface area contributed by atoms with Crippen molar-refractivity contribution in [3.63, 3.8) is 0 Å². The van der Waals surface area contributed by atoms with E-state index in [1.807, 2.05) is 0 Å². The van der Waals surface area contributed by atoms with Crippen molar-refractivity contribution in [1.82, 2.24) is 9.62 Å². The topological polar surface area (TPSA) is 49.4 Å². The summed E-state index contributed by atoms with van der Waals surface area (Å²) in [6.07, 6.45) is 7.23. The summed E-state index contributed by atoms with van der Waals surface area (Å²) in [5, 5.41) is 3.69. The summed E-state index contributed by atoms with van der Waals surface area (Å²) >= 11 is 0. The number of sulfonamides is 1. The molecule has 0 radical (unpaired) electrons. The smallest absolute Gasteiger partial charge is 0.213 e. The van der Waals surface area contributed by atoms with Crippen molar-refractivity contribution >= 4 is 10.0 Å². The molecular formula is C12H24N2O2S. The third-order valence-corrected chi connectivity index (χ3v) is 5.92. The molecule has 0 aromatic rings. The van der Waals surface area contributed by atoms with Gasteiger partial charge in [-0.2, -0.15) is 0 Å². The zero-order valence-corrected chi connectivity index (χ0v) is 11.5. The fourth-order valence-corrected chi connectivity index (χ4v) is 4.04. The maximum Gasteiger partial charge on any atom is 0.213 e. The molecular weight excluding hydrogens is 236 g/mol. The van der Waals surface area contributed by atoms with Gasteiger partial charge in [-0.3, -0.25) is 0 Å². The highest BCUT2D eigenvalue weighted by Crippen LogP contribution is 2.21. The van der Waals surface area contributed by atoms with E-state index in [2.05, 4.69) is 5.32 Å². The lowest BCUT2D eigenvalue weighted by molar-refractivity contribution is 0.273. The Morgan fingerprint density at radius 3 is 2.12 bits per heavy atom. The SMILES string of the molecule is CCS(=O)(=O)N1CCC(NC2CCCC2)CC1. The molecule has 2 aliphatic rings. The Labute approximate surface area is 105 Å². The first-order valence-corrected chi connectivity index (χ1v) is 8.46. The van der Waals surface area contributed by atoms with Crippen LogP contribution in [0.5, 0.6) is 0 Å². The summed E-state index contributed by atoms with van der Waals surface area (Å²) in [5.41, 5.74) is 0. The Bertz CT molecular complexity index is 328. The minimum atomic E-state index is -2.97. The largest absolute Gasteiger partial charge is 0.311 e. The van der Waals surface area contributed by atoms with Gasteiger partial charge in [-0.05, 0) is 32.6 Å². The highest BCUT2D eigenvalue weighted by atomic mass is 32.2. The number of piperidine rings is 1. The molecule has 0 atom stereocenters. The van der Waals surface area contributed by atoms with Crippen LogP contribution in [0.4, 0.5) is 0 Å². The van der Waals surface area contributed by atoms with E-state index in [0.29, 0.717) is 25.2 Å². The second-order valence-electron chi connectivity index (χ2n) is 5.22. The van der Waals surface area contributed by atoms with Crippen molar-refractivity contribution in [2.45, 2.75) is 57.5 Å². The van der Waals surface area contributed by atoms with E-state index < -0.39 is 10.0 Å². The van der Waals surface area contributed by atoms with Crippen molar-refractivity contribution in [2.24, 2.45) is 0 Å². The highest BCUT2D eigenvalue weighted by molar-refractivity contribution is 7.89.